The predicted molar refractivity (Wildman–Crippen MR) is 111 cm³/mol. The molecule has 2 aromatic heterocycles. The van der Waals surface area contributed by atoms with Gasteiger partial charge < -0.3 is 5.32 Å². The largest absolute Gasteiger partial charge is 0.350 e. The van der Waals surface area contributed by atoms with Gasteiger partial charge in [-0.1, -0.05) is 43.3 Å². The summed E-state index contributed by atoms with van der Waals surface area (Å²) >= 11 is 2.64. The number of amides is 1. The second-order valence-electron chi connectivity index (χ2n) is 6.16. The summed E-state index contributed by atoms with van der Waals surface area (Å²) in [5, 5.41) is 17.9. The maximum atomic E-state index is 12.9. The predicted octanol–water partition coefficient (Wildman–Crippen LogP) is 4.55. The number of thiazole rings is 1. The van der Waals surface area contributed by atoms with E-state index in [0.29, 0.717) is 17.9 Å². The van der Waals surface area contributed by atoms with Crippen molar-refractivity contribution >= 4 is 44.7 Å². The van der Waals surface area contributed by atoms with Gasteiger partial charge >= 0.3 is 0 Å². The van der Waals surface area contributed by atoms with Crippen LogP contribution in [0.15, 0.2) is 54.0 Å². The molecule has 0 saturated carbocycles. The monoisotopic (exact) mass is 392 g/mol. The van der Waals surface area contributed by atoms with Gasteiger partial charge in [-0.2, -0.15) is 5.26 Å². The van der Waals surface area contributed by atoms with Crippen LogP contribution in [0.2, 0.25) is 0 Å². The Hall–Kier alpha value is -2.82. The molecule has 4 rings (SSSR count). The van der Waals surface area contributed by atoms with E-state index in [1.54, 1.807) is 0 Å². The Morgan fingerprint density at radius 3 is 2.96 bits per heavy atom. The first kappa shape index (κ1) is 17.6. The standard InChI is InChI=1S/C20H16N4OS2/c1-13(27-12-21)11-22-19(25)18-17(23-20-24(18)8-9-26-20)16-7-6-14-4-2-3-5-15(14)10-16/h2-10,13H,11H2,1H3,(H,22,25). The molecule has 0 spiro atoms. The number of aromatic nitrogens is 2. The highest BCUT2D eigenvalue weighted by atomic mass is 32.2. The van der Waals surface area contributed by atoms with Gasteiger partial charge in [-0.25, -0.2) is 4.98 Å². The third-order valence-corrected chi connectivity index (χ3v) is 5.74. The van der Waals surface area contributed by atoms with E-state index in [2.05, 4.69) is 28.9 Å². The molecule has 0 radical (unpaired) electrons. The molecule has 4 aromatic rings. The molecule has 5 nitrogen and oxygen atoms in total. The lowest BCUT2D eigenvalue weighted by molar-refractivity contribution is 0.0949. The van der Waals surface area contributed by atoms with Crippen LogP contribution in [0.25, 0.3) is 27.0 Å². The molecule has 27 heavy (non-hydrogen) atoms. The number of imidazole rings is 1. The first-order valence-electron chi connectivity index (χ1n) is 8.45. The number of benzene rings is 2. The van der Waals surface area contributed by atoms with Gasteiger partial charge in [0, 0.05) is 28.9 Å². The summed E-state index contributed by atoms with van der Waals surface area (Å²) in [6, 6.07) is 14.2. The third kappa shape index (κ3) is 3.42. The Kier molecular flexibility index (Phi) is 4.84. The average Bonchev–Trinajstić information content (AvgIpc) is 3.27. The lowest BCUT2D eigenvalue weighted by Gasteiger charge is -2.10. The van der Waals surface area contributed by atoms with E-state index in [-0.39, 0.29) is 11.2 Å². The molecule has 0 bridgehead atoms. The van der Waals surface area contributed by atoms with Gasteiger partial charge in [0.2, 0.25) is 0 Å². The fourth-order valence-corrected chi connectivity index (χ4v) is 4.05. The minimum absolute atomic E-state index is 0.0222. The molecule has 7 heteroatoms. The van der Waals surface area contributed by atoms with Crippen LogP contribution in [0.1, 0.15) is 17.4 Å². The van der Waals surface area contributed by atoms with Gasteiger partial charge in [0.25, 0.3) is 5.91 Å². The van der Waals surface area contributed by atoms with Gasteiger partial charge in [0.1, 0.15) is 16.8 Å². The zero-order valence-corrected chi connectivity index (χ0v) is 16.2. The van der Waals surface area contributed by atoms with Crippen LogP contribution in [0.5, 0.6) is 0 Å². The number of nitriles is 1. The van der Waals surface area contributed by atoms with Crippen molar-refractivity contribution < 1.29 is 4.79 Å². The molecular weight excluding hydrogens is 376 g/mol. The van der Waals surface area contributed by atoms with Crippen LogP contribution in [0, 0.1) is 10.7 Å². The van der Waals surface area contributed by atoms with Crippen LogP contribution in [-0.4, -0.2) is 27.1 Å². The Balaban J connectivity index is 1.74. The number of carbonyl (C=O) groups is 1. The van der Waals surface area contributed by atoms with Crippen LogP contribution < -0.4 is 5.32 Å². The van der Waals surface area contributed by atoms with Crippen LogP contribution in [-0.2, 0) is 0 Å². The van der Waals surface area contributed by atoms with Crippen molar-refractivity contribution in [1.82, 2.24) is 14.7 Å². The van der Waals surface area contributed by atoms with E-state index < -0.39 is 0 Å². The van der Waals surface area contributed by atoms with E-state index in [9.17, 15) is 4.79 Å². The van der Waals surface area contributed by atoms with Gasteiger partial charge in [-0.05, 0) is 28.6 Å². The van der Waals surface area contributed by atoms with Gasteiger partial charge in [0.05, 0.1) is 0 Å². The van der Waals surface area contributed by atoms with Crippen molar-refractivity contribution in [3.63, 3.8) is 0 Å². The van der Waals surface area contributed by atoms with Crippen LogP contribution in [0.4, 0.5) is 0 Å². The summed E-state index contributed by atoms with van der Waals surface area (Å²) in [4.78, 5) is 18.4. The number of nitrogens with zero attached hydrogens (tertiary/aromatic N) is 3. The molecule has 1 atom stereocenters. The van der Waals surface area contributed by atoms with Gasteiger partial charge in [-0.15, -0.1) is 11.3 Å². The summed E-state index contributed by atoms with van der Waals surface area (Å²) < 4.78 is 1.83. The Morgan fingerprint density at radius 2 is 2.15 bits per heavy atom. The number of hydrogen-bond acceptors (Lipinski definition) is 5. The normalized spacial score (nSPS) is 12.1. The van der Waals surface area contributed by atoms with E-state index in [0.717, 1.165) is 33.1 Å². The lowest BCUT2D eigenvalue weighted by atomic mass is 10.0. The van der Waals surface area contributed by atoms with Crippen molar-refractivity contribution in [2.75, 3.05) is 6.54 Å². The number of hydrogen-bond donors (Lipinski definition) is 1. The lowest BCUT2D eigenvalue weighted by Crippen LogP contribution is -2.30. The highest BCUT2D eigenvalue weighted by molar-refractivity contribution is 8.04. The minimum atomic E-state index is -0.186. The maximum absolute atomic E-state index is 12.9. The molecule has 1 amide bonds. The highest BCUT2D eigenvalue weighted by Crippen LogP contribution is 2.29. The van der Waals surface area contributed by atoms with Gasteiger partial charge in [0.15, 0.2) is 4.96 Å². The summed E-state index contributed by atoms with van der Waals surface area (Å²) in [5.74, 6) is -0.186. The number of thioether (sulfide) groups is 1. The first-order valence-corrected chi connectivity index (χ1v) is 10.2. The summed E-state index contributed by atoms with van der Waals surface area (Å²) in [6.45, 7) is 2.33. The SMILES string of the molecule is CC(CNC(=O)c1c(-c2ccc3ccccc3c2)nc2sccn12)SC#N. The first-order chi connectivity index (χ1) is 13.2. The Bertz CT molecular complexity index is 1170. The topological polar surface area (TPSA) is 70.2 Å². The molecule has 0 aliphatic carbocycles. The van der Waals surface area contributed by atoms with E-state index in [4.69, 9.17) is 10.2 Å². The summed E-state index contributed by atoms with van der Waals surface area (Å²) in [7, 11) is 0. The van der Waals surface area contributed by atoms with Crippen molar-refractivity contribution in [2.45, 2.75) is 12.2 Å². The zero-order chi connectivity index (χ0) is 18.8. The van der Waals surface area contributed by atoms with Crippen molar-refractivity contribution in [3.8, 4) is 16.7 Å². The maximum Gasteiger partial charge on any atom is 0.270 e. The summed E-state index contributed by atoms with van der Waals surface area (Å²) in [5.41, 5.74) is 2.11. The summed E-state index contributed by atoms with van der Waals surface area (Å²) in [6.07, 6.45) is 1.86. The molecule has 1 N–H and O–H groups in total. The van der Waals surface area contributed by atoms with E-state index >= 15 is 0 Å². The molecule has 2 heterocycles. The molecule has 1 unspecified atom stereocenters. The molecule has 0 aliphatic heterocycles. The van der Waals surface area contributed by atoms with E-state index in [1.807, 2.05) is 47.2 Å². The number of fused-ring (bicyclic) bond motifs is 2. The van der Waals surface area contributed by atoms with Crippen LogP contribution in [0.3, 0.4) is 0 Å². The molecule has 0 fully saturated rings. The van der Waals surface area contributed by atoms with Gasteiger partial charge in [-0.3, -0.25) is 9.20 Å². The number of rotatable bonds is 5. The fourth-order valence-electron chi connectivity index (χ4n) is 2.99. The smallest absolute Gasteiger partial charge is 0.270 e. The molecule has 0 saturated heterocycles. The quantitative estimate of drug-likeness (QED) is 0.506. The third-order valence-electron chi connectivity index (χ3n) is 4.30. The molecule has 2 aromatic carbocycles. The highest BCUT2D eigenvalue weighted by Gasteiger charge is 2.21. The average molecular weight is 393 g/mol. The Labute approximate surface area is 164 Å². The number of nitrogens with one attached hydrogen (secondary N) is 1. The molecule has 0 aliphatic rings. The van der Waals surface area contributed by atoms with Crippen molar-refractivity contribution in [3.05, 3.63) is 59.7 Å². The Morgan fingerprint density at radius 1 is 1.33 bits per heavy atom. The fraction of sp³-hybridized carbons (Fsp3) is 0.150. The molecular formula is C20H16N4OS2. The van der Waals surface area contributed by atoms with E-state index in [1.165, 1.54) is 11.3 Å². The second kappa shape index (κ2) is 7.43. The zero-order valence-electron chi connectivity index (χ0n) is 14.5. The van der Waals surface area contributed by atoms with Crippen LogP contribution >= 0.6 is 23.1 Å². The van der Waals surface area contributed by atoms with Crippen molar-refractivity contribution in [2.24, 2.45) is 0 Å². The number of thiocyanates is 1. The second-order valence-corrected chi connectivity index (χ2v) is 8.25. The van der Waals surface area contributed by atoms with Crippen molar-refractivity contribution in [1.29, 1.82) is 5.26 Å². The molecule has 134 valence electrons. The minimum Gasteiger partial charge on any atom is -0.350 e. The number of carbonyl (C=O) groups excluding carboxylic acids is 1.